The summed E-state index contributed by atoms with van der Waals surface area (Å²) in [6.45, 7) is 4.23. The molecule has 126 valence electrons. The average Bonchev–Trinajstić information content (AvgIpc) is 2.55. The van der Waals surface area contributed by atoms with Crippen molar-refractivity contribution in [3.63, 3.8) is 0 Å². The van der Waals surface area contributed by atoms with Gasteiger partial charge in [-0.25, -0.2) is 4.99 Å². The van der Waals surface area contributed by atoms with Gasteiger partial charge in [0.2, 0.25) is 0 Å². The van der Waals surface area contributed by atoms with Gasteiger partial charge in [0.15, 0.2) is 5.96 Å². The van der Waals surface area contributed by atoms with Crippen LogP contribution in [-0.2, 0) is 0 Å². The predicted octanol–water partition coefficient (Wildman–Crippen LogP) is 3.16. The molecule has 0 aliphatic heterocycles. The van der Waals surface area contributed by atoms with E-state index in [2.05, 4.69) is 22.2 Å². The highest BCUT2D eigenvalue weighted by Crippen LogP contribution is 2.27. The van der Waals surface area contributed by atoms with Crippen LogP contribution in [0.3, 0.4) is 0 Å². The molecule has 1 aliphatic carbocycles. The van der Waals surface area contributed by atoms with Crippen molar-refractivity contribution < 1.29 is 4.74 Å². The molecule has 23 heavy (non-hydrogen) atoms. The number of halogens is 1. The quantitative estimate of drug-likeness (QED) is 0.439. The van der Waals surface area contributed by atoms with Crippen LogP contribution in [-0.4, -0.2) is 31.7 Å². The van der Waals surface area contributed by atoms with E-state index in [-0.39, 0.29) is 12.1 Å². The van der Waals surface area contributed by atoms with Crippen LogP contribution in [0.15, 0.2) is 35.8 Å². The number of guanidine groups is 1. The van der Waals surface area contributed by atoms with Gasteiger partial charge in [0.05, 0.1) is 19.3 Å². The maximum absolute atomic E-state index is 6.22. The molecule has 1 fully saturated rings. The van der Waals surface area contributed by atoms with E-state index < -0.39 is 0 Å². The van der Waals surface area contributed by atoms with Crippen molar-refractivity contribution >= 4 is 23.2 Å². The fraction of sp³-hybridized carbons (Fsp3) is 0.471. The summed E-state index contributed by atoms with van der Waals surface area (Å²) in [5.41, 5.74) is 6.98. The van der Waals surface area contributed by atoms with Gasteiger partial charge in [-0.1, -0.05) is 30.5 Å². The standard InChI is InChI=1S/C17H25ClN4O/c1-3-10-20-17(21-14-7-5-4-6-13(14)19)22-15-11-12(18)8-9-16(15)23-2/h3,8-9,11,13-14H,1,4-7,10,19H2,2H3,(H2,20,21,22)/t13-,14-/m0/s1. The third kappa shape index (κ3) is 5.15. The highest BCUT2D eigenvalue weighted by molar-refractivity contribution is 6.31. The number of anilines is 1. The summed E-state index contributed by atoms with van der Waals surface area (Å²) in [6, 6.07) is 5.77. The van der Waals surface area contributed by atoms with Crippen molar-refractivity contribution in [3.05, 3.63) is 35.9 Å². The topological polar surface area (TPSA) is 71.7 Å². The van der Waals surface area contributed by atoms with E-state index >= 15 is 0 Å². The van der Waals surface area contributed by atoms with Crippen molar-refractivity contribution in [2.24, 2.45) is 10.7 Å². The van der Waals surface area contributed by atoms with E-state index in [1.54, 1.807) is 19.3 Å². The second kappa shape index (κ2) is 8.79. The molecule has 0 saturated heterocycles. The number of ether oxygens (including phenoxy) is 1. The first-order chi connectivity index (χ1) is 11.1. The number of rotatable bonds is 5. The maximum Gasteiger partial charge on any atom is 0.196 e. The van der Waals surface area contributed by atoms with Crippen LogP contribution in [0.2, 0.25) is 5.02 Å². The van der Waals surface area contributed by atoms with Gasteiger partial charge in [0, 0.05) is 17.1 Å². The van der Waals surface area contributed by atoms with Crippen LogP contribution >= 0.6 is 11.6 Å². The molecule has 1 aliphatic rings. The van der Waals surface area contributed by atoms with Crippen molar-refractivity contribution in [1.29, 1.82) is 0 Å². The Labute approximate surface area is 143 Å². The number of benzene rings is 1. The molecule has 2 atom stereocenters. The lowest BCUT2D eigenvalue weighted by Crippen LogP contribution is -2.51. The second-order valence-corrected chi connectivity index (χ2v) is 6.08. The van der Waals surface area contributed by atoms with Crippen LogP contribution in [0.25, 0.3) is 0 Å². The van der Waals surface area contributed by atoms with Crippen LogP contribution in [0, 0.1) is 0 Å². The van der Waals surface area contributed by atoms with Crippen molar-refractivity contribution in [1.82, 2.24) is 5.32 Å². The summed E-state index contributed by atoms with van der Waals surface area (Å²) in [7, 11) is 1.62. The summed E-state index contributed by atoms with van der Waals surface area (Å²) >= 11 is 6.08. The van der Waals surface area contributed by atoms with Gasteiger partial charge in [-0.3, -0.25) is 0 Å². The number of nitrogens with zero attached hydrogens (tertiary/aromatic N) is 1. The van der Waals surface area contributed by atoms with Crippen LogP contribution < -0.4 is 21.1 Å². The Hall–Kier alpha value is -1.72. The zero-order chi connectivity index (χ0) is 16.7. The third-order valence-electron chi connectivity index (χ3n) is 3.93. The van der Waals surface area contributed by atoms with Gasteiger partial charge in [-0.05, 0) is 31.0 Å². The molecule has 0 bridgehead atoms. The van der Waals surface area contributed by atoms with Gasteiger partial charge in [-0.2, -0.15) is 0 Å². The number of nitrogens with one attached hydrogen (secondary N) is 2. The lowest BCUT2D eigenvalue weighted by atomic mass is 9.91. The lowest BCUT2D eigenvalue weighted by Gasteiger charge is -2.30. The number of hydrogen-bond donors (Lipinski definition) is 3. The number of methoxy groups -OCH3 is 1. The van der Waals surface area contributed by atoms with Gasteiger partial charge < -0.3 is 21.1 Å². The van der Waals surface area contributed by atoms with Gasteiger partial charge >= 0.3 is 0 Å². The third-order valence-corrected chi connectivity index (χ3v) is 4.17. The maximum atomic E-state index is 6.22. The number of nitrogens with two attached hydrogens (primary N) is 1. The SMILES string of the molecule is C=CCN=C(Nc1cc(Cl)ccc1OC)N[C@H]1CCCC[C@@H]1N. The summed E-state index contributed by atoms with van der Waals surface area (Å²) in [5, 5.41) is 7.33. The fourth-order valence-electron chi connectivity index (χ4n) is 2.70. The molecule has 1 aromatic rings. The van der Waals surface area contributed by atoms with E-state index in [1.807, 2.05) is 12.1 Å². The molecule has 4 N–H and O–H groups in total. The molecule has 0 radical (unpaired) electrons. The molecule has 0 amide bonds. The predicted molar refractivity (Wildman–Crippen MR) is 97.5 cm³/mol. The number of aliphatic imine (C=N–C) groups is 1. The monoisotopic (exact) mass is 336 g/mol. The Morgan fingerprint density at radius 2 is 2.26 bits per heavy atom. The van der Waals surface area contributed by atoms with Gasteiger partial charge in [0.25, 0.3) is 0 Å². The number of hydrogen-bond acceptors (Lipinski definition) is 3. The molecule has 0 spiro atoms. The molecule has 0 aromatic heterocycles. The second-order valence-electron chi connectivity index (χ2n) is 5.65. The Morgan fingerprint density at radius 3 is 2.96 bits per heavy atom. The molecule has 0 unspecified atom stereocenters. The summed E-state index contributed by atoms with van der Waals surface area (Å²) in [5.74, 6) is 1.36. The Balaban J connectivity index is 2.15. The summed E-state index contributed by atoms with van der Waals surface area (Å²) in [4.78, 5) is 4.49. The van der Waals surface area contributed by atoms with Gasteiger partial charge in [-0.15, -0.1) is 6.58 Å². The Kier molecular flexibility index (Phi) is 6.74. The highest BCUT2D eigenvalue weighted by Gasteiger charge is 2.22. The molecular formula is C17H25ClN4O. The molecular weight excluding hydrogens is 312 g/mol. The minimum absolute atomic E-state index is 0.140. The van der Waals surface area contributed by atoms with E-state index in [0.29, 0.717) is 23.3 Å². The first kappa shape index (κ1) is 17.6. The molecule has 6 heteroatoms. The normalized spacial score (nSPS) is 21.6. The van der Waals surface area contributed by atoms with Crippen LogP contribution in [0.1, 0.15) is 25.7 Å². The first-order valence-electron chi connectivity index (χ1n) is 7.92. The molecule has 1 saturated carbocycles. The smallest absolute Gasteiger partial charge is 0.196 e. The molecule has 1 aromatic carbocycles. The average molecular weight is 337 g/mol. The van der Waals surface area contributed by atoms with E-state index in [0.717, 1.165) is 18.5 Å². The molecule has 5 nitrogen and oxygen atoms in total. The van der Waals surface area contributed by atoms with Crippen LogP contribution in [0.5, 0.6) is 5.75 Å². The summed E-state index contributed by atoms with van der Waals surface area (Å²) in [6.07, 6.45) is 6.20. The van der Waals surface area contributed by atoms with Crippen LogP contribution in [0.4, 0.5) is 5.69 Å². The van der Waals surface area contributed by atoms with E-state index in [9.17, 15) is 0 Å². The van der Waals surface area contributed by atoms with E-state index in [1.165, 1.54) is 12.8 Å². The lowest BCUT2D eigenvalue weighted by molar-refractivity contribution is 0.360. The van der Waals surface area contributed by atoms with Gasteiger partial charge in [0.1, 0.15) is 5.75 Å². The fourth-order valence-corrected chi connectivity index (χ4v) is 2.87. The minimum atomic E-state index is 0.140. The van der Waals surface area contributed by atoms with Crippen molar-refractivity contribution in [3.8, 4) is 5.75 Å². The first-order valence-corrected chi connectivity index (χ1v) is 8.30. The van der Waals surface area contributed by atoms with Crippen molar-refractivity contribution in [2.75, 3.05) is 19.0 Å². The van der Waals surface area contributed by atoms with E-state index in [4.69, 9.17) is 22.1 Å². The molecule has 2 rings (SSSR count). The minimum Gasteiger partial charge on any atom is -0.495 e. The van der Waals surface area contributed by atoms with Crippen molar-refractivity contribution in [2.45, 2.75) is 37.8 Å². The zero-order valence-corrected chi connectivity index (χ0v) is 14.3. The zero-order valence-electron chi connectivity index (χ0n) is 13.5. The largest absolute Gasteiger partial charge is 0.495 e. The highest BCUT2D eigenvalue weighted by atomic mass is 35.5. The Morgan fingerprint density at radius 1 is 1.48 bits per heavy atom. The molecule has 0 heterocycles. The Bertz CT molecular complexity index is 562. The summed E-state index contributed by atoms with van der Waals surface area (Å²) < 4.78 is 5.37.